The maximum Gasteiger partial charge on any atom is 0.305 e. The summed E-state index contributed by atoms with van der Waals surface area (Å²) in [5, 5.41) is 15.3. The number of carbonyl (C=O) groups excluding carboxylic acids is 5. The van der Waals surface area contributed by atoms with Crippen molar-refractivity contribution in [1.82, 2.24) is 15.5 Å². The summed E-state index contributed by atoms with van der Waals surface area (Å²) in [6.07, 6.45) is 4.49. The number of aryl methyl sites for hydroxylation is 5. The number of hydrogen-bond acceptors (Lipinski definition) is 9. The molecule has 2 rings (SSSR count). The van der Waals surface area contributed by atoms with Gasteiger partial charge in [0.1, 0.15) is 17.8 Å². The van der Waals surface area contributed by atoms with E-state index in [2.05, 4.69) is 10.6 Å². The van der Waals surface area contributed by atoms with Gasteiger partial charge >= 0.3 is 5.97 Å². The minimum Gasteiger partial charge on any atom is -0.508 e. The van der Waals surface area contributed by atoms with Crippen LogP contribution in [0.2, 0.25) is 0 Å². The van der Waals surface area contributed by atoms with Crippen molar-refractivity contribution in [2.24, 2.45) is 11.5 Å². The molecule has 3 atom stereocenters. The van der Waals surface area contributed by atoms with Crippen molar-refractivity contribution < 1.29 is 33.8 Å². The van der Waals surface area contributed by atoms with E-state index in [0.717, 1.165) is 38.9 Å². The Hall–Kier alpha value is -4.10. The number of nitrogens with two attached hydrogens (primary N) is 2. The Morgan fingerprint density at radius 2 is 1.46 bits per heavy atom. The molecule has 2 aromatic rings. The van der Waals surface area contributed by atoms with Crippen LogP contribution in [0.5, 0.6) is 5.75 Å². The van der Waals surface area contributed by atoms with Gasteiger partial charge in [0, 0.05) is 19.4 Å². The van der Waals surface area contributed by atoms with Crippen LogP contribution in [0, 0.1) is 34.6 Å². The van der Waals surface area contributed by atoms with Gasteiger partial charge < -0.3 is 36.8 Å². The molecule has 50 heavy (non-hydrogen) atoms. The van der Waals surface area contributed by atoms with Crippen LogP contribution in [0.3, 0.4) is 0 Å². The molecule has 2 aromatic carbocycles. The normalized spacial score (nSPS) is 12.8. The Balaban J connectivity index is 2.22. The van der Waals surface area contributed by atoms with E-state index in [1.807, 2.05) is 53.0 Å². The van der Waals surface area contributed by atoms with E-state index >= 15 is 0 Å². The molecule has 13 heteroatoms. The van der Waals surface area contributed by atoms with Gasteiger partial charge in [-0.3, -0.25) is 24.0 Å². The molecule has 0 fully saturated rings. The summed E-state index contributed by atoms with van der Waals surface area (Å²) in [7, 11) is 1.33. The van der Waals surface area contributed by atoms with Crippen LogP contribution in [0.15, 0.2) is 24.3 Å². The number of nitrogens with one attached hydrogen (secondary N) is 2. The van der Waals surface area contributed by atoms with E-state index in [1.54, 1.807) is 12.1 Å². The van der Waals surface area contributed by atoms with Gasteiger partial charge in [-0.05, 0) is 118 Å². The highest BCUT2D eigenvalue weighted by Gasteiger charge is 2.31. The predicted molar refractivity (Wildman–Crippen MR) is 197 cm³/mol. The van der Waals surface area contributed by atoms with Gasteiger partial charge in [-0.2, -0.15) is 11.8 Å². The summed E-state index contributed by atoms with van der Waals surface area (Å²) in [5.74, 6) is -1.87. The van der Waals surface area contributed by atoms with Crippen LogP contribution in [0.4, 0.5) is 0 Å². The number of methoxy groups -OCH3 is 1. The third kappa shape index (κ3) is 13.0. The molecular weight excluding hydrogens is 659 g/mol. The molecule has 0 saturated carbocycles. The summed E-state index contributed by atoms with van der Waals surface area (Å²) >= 11 is 1.51. The molecule has 12 nitrogen and oxygen atoms in total. The van der Waals surface area contributed by atoms with Gasteiger partial charge in [0.05, 0.1) is 19.7 Å². The van der Waals surface area contributed by atoms with E-state index in [4.69, 9.17) is 16.2 Å². The molecular formula is C37H55N5O7S. The number of phenolic OH excluding ortho intramolecular Hbond substituents is 1. The Labute approximate surface area is 300 Å². The number of rotatable bonds is 20. The van der Waals surface area contributed by atoms with Crippen LogP contribution in [0.1, 0.15) is 71.0 Å². The molecule has 0 radical (unpaired) electrons. The quantitative estimate of drug-likeness (QED) is 0.101. The standard InChI is InChI=1S/C37H55N5O7S/c1-22-15-23(2)29(24(3)16-22)20-32(35(39)46)42(13-10-8-9-11-34(45)49-6)33(44)21-40-37(48)31(12-14-50-7)41-36(47)30(38)19-28-25(4)17-27(43)18-26(28)5/h15-18,30-32,43H,8-14,19-21,38H2,1-7H3,(H2,39,46)(H,40,48)(H,41,47)/t30-,31+,32-/m0/s1. The van der Waals surface area contributed by atoms with Gasteiger partial charge in [0.25, 0.3) is 0 Å². The molecule has 0 aliphatic rings. The SMILES string of the molecule is COC(=O)CCCCCN(C(=O)CNC(=O)[C@@H](CCSC)NC(=O)[C@@H](N)Cc1c(C)cc(O)cc1C)[C@@H](Cc1c(C)cc(C)cc1C)C(N)=O. The van der Waals surface area contributed by atoms with E-state index in [9.17, 15) is 29.1 Å². The Morgan fingerprint density at radius 3 is 2.02 bits per heavy atom. The van der Waals surface area contributed by atoms with E-state index < -0.39 is 48.3 Å². The Bertz CT molecular complexity index is 1470. The number of amides is 4. The number of thioether (sulfide) groups is 1. The second-order valence-electron chi connectivity index (χ2n) is 12.9. The third-order valence-electron chi connectivity index (χ3n) is 8.87. The fraction of sp³-hybridized carbons (Fsp3) is 0.541. The molecule has 7 N–H and O–H groups in total. The number of ether oxygens (including phenoxy) is 1. The number of nitrogens with zero attached hydrogens (tertiary/aromatic N) is 1. The summed E-state index contributed by atoms with van der Waals surface area (Å²) in [4.78, 5) is 66.3. The average Bonchev–Trinajstić information content (AvgIpc) is 3.04. The first-order valence-electron chi connectivity index (χ1n) is 16.9. The summed E-state index contributed by atoms with van der Waals surface area (Å²) < 4.78 is 4.71. The van der Waals surface area contributed by atoms with Gasteiger partial charge in [0.15, 0.2) is 0 Å². The van der Waals surface area contributed by atoms with Gasteiger partial charge in [-0.15, -0.1) is 0 Å². The molecule has 0 spiro atoms. The zero-order chi connectivity index (χ0) is 37.5. The lowest BCUT2D eigenvalue weighted by atomic mass is 9.93. The van der Waals surface area contributed by atoms with Crippen molar-refractivity contribution >= 4 is 41.4 Å². The lowest BCUT2D eigenvalue weighted by molar-refractivity contribution is -0.141. The maximum atomic E-state index is 13.8. The number of carbonyl (C=O) groups is 5. The van der Waals surface area contributed by atoms with Gasteiger partial charge in [-0.25, -0.2) is 0 Å². The van der Waals surface area contributed by atoms with E-state index in [-0.39, 0.29) is 37.5 Å². The van der Waals surface area contributed by atoms with Crippen LogP contribution >= 0.6 is 11.8 Å². The number of esters is 1. The number of unbranched alkanes of at least 4 members (excludes halogenated alkanes) is 2. The van der Waals surface area contributed by atoms with Crippen LogP contribution in [-0.4, -0.2) is 89.9 Å². The lowest BCUT2D eigenvalue weighted by Crippen LogP contribution is -2.55. The van der Waals surface area contributed by atoms with E-state index in [0.29, 0.717) is 31.4 Å². The Kier molecular flexibility index (Phi) is 17.3. The van der Waals surface area contributed by atoms with Crippen molar-refractivity contribution in [1.29, 1.82) is 0 Å². The zero-order valence-electron chi connectivity index (χ0n) is 30.5. The van der Waals surface area contributed by atoms with Crippen LogP contribution < -0.4 is 22.1 Å². The van der Waals surface area contributed by atoms with Crippen molar-refractivity contribution in [3.05, 3.63) is 63.2 Å². The molecule has 0 bridgehead atoms. The second-order valence-corrected chi connectivity index (χ2v) is 13.9. The van der Waals surface area contributed by atoms with Crippen molar-refractivity contribution in [3.63, 3.8) is 0 Å². The minimum absolute atomic E-state index is 0.129. The lowest BCUT2D eigenvalue weighted by Gasteiger charge is -2.31. The minimum atomic E-state index is -0.975. The topological polar surface area (TPSA) is 194 Å². The largest absolute Gasteiger partial charge is 0.508 e. The Morgan fingerprint density at radius 1 is 0.880 bits per heavy atom. The smallest absolute Gasteiger partial charge is 0.305 e. The van der Waals surface area contributed by atoms with Crippen molar-refractivity contribution in [2.75, 3.05) is 32.2 Å². The predicted octanol–water partition coefficient (Wildman–Crippen LogP) is 2.82. The second kappa shape index (κ2) is 20.5. The first kappa shape index (κ1) is 42.1. The first-order valence-corrected chi connectivity index (χ1v) is 18.3. The summed E-state index contributed by atoms with van der Waals surface area (Å²) in [6.45, 7) is 9.32. The highest BCUT2D eigenvalue weighted by atomic mass is 32.2. The average molecular weight is 714 g/mol. The van der Waals surface area contributed by atoms with Gasteiger partial charge in [-0.1, -0.05) is 24.1 Å². The fourth-order valence-corrected chi connectivity index (χ4v) is 6.62. The molecule has 276 valence electrons. The highest BCUT2D eigenvalue weighted by molar-refractivity contribution is 7.98. The first-order chi connectivity index (χ1) is 23.6. The fourth-order valence-electron chi connectivity index (χ4n) is 6.15. The molecule has 0 aliphatic heterocycles. The summed E-state index contributed by atoms with van der Waals surface area (Å²) in [6, 6.07) is 4.36. The number of benzene rings is 2. The number of aromatic hydroxyl groups is 1. The van der Waals surface area contributed by atoms with E-state index in [1.165, 1.54) is 23.8 Å². The third-order valence-corrected chi connectivity index (χ3v) is 9.51. The maximum absolute atomic E-state index is 13.8. The highest BCUT2D eigenvalue weighted by Crippen LogP contribution is 2.23. The molecule has 0 heterocycles. The van der Waals surface area contributed by atoms with Crippen LogP contribution in [-0.2, 0) is 41.6 Å². The number of phenols is 1. The molecule has 0 aliphatic carbocycles. The number of hydrogen-bond donors (Lipinski definition) is 5. The summed E-state index contributed by atoms with van der Waals surface area (Å²) in [5.41, 5.74) is 18.6. The molecule has 0 aromatic heterocycles. The molecule has 0 unspecified atom stereocenters. The monoisotopic (exact) mass is 713 g/mol. The van der Waals surface area contributed by atoms with Crippen LogP contribution in [0.25, 0.3) is 0 Å². The molecule has 0 saturated heterocycles. The molecule has 4 amide bonds. The van der Waals surface area contributed by atoms with Crippen molar-refractivity contribution in [2.45, 2.75) is 97.7 Å². The van der Waals surface area contributed by atoms with Gasteiger partial charge in [0.2, 0.25) is 23.6 Å². The number of primary amides is 1. The van der Waals surface area contributed by atoms with Crippen molar-refractivity contribution in [3.8, 4) is 5.75 Å². The zero-order valence-corrected chi connectivity index (χ0v) is 31.3.